The largest absolute Gasteiger partial charge is 0.497 e. The number of ether oxygens (including phenoxy) is 2. The van der Waals surface area contributed by atoms with Gasteiger partial charge in [-0.05, 0) is 74.2 Å². The maximum atomic E-state index is 11.7. The zero-order chi connectivity index (χ0) is 23.8. The topological polar surface area (TPSA) is 75.5 Å². The first kappa shape index (κ1) is 24.0. The Balaban J connectivity index is 1.22. The van der Waals surface area contributed by atoms with Gasteiger partial charge >= 0.3 is 5.97 Å². The lowest BCUT2D eigenvalue weighted by molar-refractivity contribution is -0.144. The number of aliphatic imine (C=N–C) groups is 2. The number of likely N-dealkylation sites (tertiary alicyclic amines) is 1. The molecule has 0 radical (unpaired) electrons. The summed E-state index contributed by atoms with van der Waals surface area (Å²) in [5.74, 6) is 2.06. The quantitative estimate of drug-likeness (QED) is 0.585. The summed E-state index contributed by atoms with van der Waals surface area (Å²) >= 11 is 0. The molecular formula is C27H34N4O3. The Kier molecular flexibility index (Phi) is 8.31. The number of nitrogens with one attached hydrogen (secondary N) is 1. The van der Waals surface area contributed by atoms with Gasteiger partial charge in [0, 0.05) is 30.8 Å². The Morgan fingerprint density at radius 2 is 1.82 bits per heavy atom. The van der Waals surface area contributed by atoms with Crippen molar-refractivity contribution in [1.29, 1.82) is 0 Å². The second kappa shape index (κ2) is 11.8. The van der Waals surface area contributed by atoms with E-state index in [4.69, 9.17) is 9.47 Å². The summed E-state index contributed by atoms with van der Waals surface area (Å²) in [6.07, 6.45) is 4.61. The van der Waals surface area contributed by atoms with E-state index in [-0.39, 0.29) is 11.9 Å². The Labute approximate surface area is 201 Å². The number of methoxy groups -OCH3 is 1. The summed E-state index contributed by atoms with van der Waals surface area (Å²) in [5, 5.41) is 3.31. The Hall–Kier alpha value is -3.19. The lowest BCUT2D eigenvalue weighted by Gasteiger charge is -2.31. The van der Waals surface area contributed by atoms with Gasteiger partial charge in [-0.3, -0.25) is 14.7 Å². The smallest absolute Gasteiger partial charge is 0.306 e. The van der Waals surface area contributed by atoms with E-state index in [0.29, 0.717) is 31.4 Å². The van der Waals surface area contributed by atoms with Crippen molar-refractivity contribution in [2.24, 2.45) is 15.9 Å². The Morgan fingerprint density at radius 1 is 1.09 bits per heavy atom. The van der Waals surface area contributed by atoms with Crippen LogP contribution in [0.15, 0.2) is 58.5 Å². The van der Waals surface area contributed by atoms with Crippen molar-refractivity contribution in [2.45, 2.75) is 38.6 Å². The molecule has 0 bridgehead atoms. The molecule has 2 aromatic rings. The minimum Gasteiger partial charge on any atom is -0.497 e. The average molecular weight is 463 g/mol. The van der Waals surface area contributed by atoms with E-state index in [1.54, 1.807) is 7.11 Å². The predicted octanol–water partition coefficient (Wildman–Crippen LogP) is 4.50. The fourth-order valence-electron chi connectivity index (χ4n) is 4.43. The molecule has 2 aromatic carbocycles. The fourth-order valence-corrected chi connectivity index (χ4v) is 4.43. The average Bonchev–Trinajstić information content (AvgIpc) is 2.87. The molecule has 0 amide bonds. The first-order valence-corrected chi connectivity index (χ1v) is 12.1. The van der Waals surface area contributed by atoms with Crippen LogP contribution in [0.1, 0.15) is 43.2 Å². The molecule has 0 aromatic heterocycles. The monoisotopic (exact) mass is 462 g/mol. The number of hydrogen-bond donors (Lipinski definition) is 1. The van der Waals surface area contributed by atoms with E-state index in [1.165, 1.54) is 11.1 Å². The van der Waals surface area contributed by atoms with Gasteiger partial charge < -0.3 is 14.8 Å². The van der Waals surface area contributed by atoms with Crippen molar-refractivity contribution >= 4 is 23.8 Å². The van der Waals surface area contributed by atoms with Gasteiger partial charge in [-0.2, -0.15) is 0 Å². The molecule has 1 atom stereocenters. The second-order valence-electron chi connectivity index (χ2n) is 8.87. The third-order valence-electron chi connectivity index (χ3n) is 6.44. The molecular weight excluding hydrogens is 428 g/mol. The van der Waals surface area contributed by atoms with Crippen LogP contribution in [0, 0.1) is 5.92 Å². The third-order valence-corrected chi connectivity index (χ3v) is 6.44. The van der Waals surface area contributed by atoms with Gasteiger partial charge in [0.15, 0.2) is 0 Å². The first-order chi connectivity index (χ1) is 16.6. The molecule has 1 unspecified atom stereocenters. The zero-order valence-corrected chi connectivity index (χ0v) is 20.1. The van der Waals surface area contributed by atoms with Gasteiger partial charge in [-0.15, -0.1) is 0 Å². The third kappa shape index (κ3) is 6.67. The number of esters is 1. The number of piperidine rings is 1. The number of anilines is 1. The van der Waals surface area contributed by atoms with Gasteiger partial charge in [0.25, 0.3) is 0 Å². The molecule has 0 spiro atoms. The minimum absolute atomic E-state index is 0.0628. The van der Waals surface area contributed by atoms with Crippen LogP contribution < -0.4 is 10.1 Å². The molecule has 0 aliphatic carbocycles. The standard InChI is InChI=1S/C27H34N4O3/c1-3-34-26(32)16-20-12-14-31(15-13-20)19-21-4-8-24(9-5-21)30-27-28-17-23(18-29-27)22-6-10-25(33-2)11-7-22/h4-11,17,20,23H,3,12-16,18-19H2,1-2H3,(H,29,30). The number of rotatable bonds is 8. The Morgan fingerprint density at radius 3 is 2.44 bits per heavy atom. The molecule has 0 saturated carbocycles. The normalized spacial score (nSPS) is 18.9. The lowest BCUT2D eigenvalue weighted by atomic mass is 9.93. The number of carbonyl (C=O) groups excluding carboxylic acids is 1. The van der Waals surface area contributed by atoms with Crippen molar-refractivity contribution < 1.29 is 14.3 Å². The summed E-state index contributed by atoms with van der Waals surface area (Å²) in [6, 6.07) is 16.5. The number of guanidine groups is 1. The fraction of sp³-hybridized carbons (Fsp3) is 0.444. The maximum Gasteiger partial charge on any atom is 0.306 e. The van der Waals surface area contributed by atoms with Crippen molar-refractivity contribution in [1.82, 2.24) is 4.90 Å². The molecule has 2 heterocycles. The molecule has 34 heavy (non-hydrogen) atoms. The SMILES string of the molecule is CCOC(=O)CC1CCN(Cc2ccc(NC3=NCC(c4ccc(OC)cc4)C=N3)cc2)CC1. The second-order valence-corrected chi connectivity index (χ2v) is 8.87. The van der Waals surface area contributed by atoms with Crippen LogP contribution in [0.2, 0.25) is 0 Å². The number of nitrogens with zero attached hydrogens (tertiary/aromatic N) is 3. The highest BCUT2D eigenvalue weighted by Crippen LogP contribution is 2.23. The molecule has 7 heteroatoms. The zero-order valence-electron chi connectivity index (χ0n) is 20.1. The van der Waals surface area contributed by atoms with Crippen molar-refractivity contribution in [2.75, 3.05) is 38.7 Å². The van der Waals surface area contributed by atoms with E-state index >= 15 is 0 Å². The van der Waals surface area contributed by atoms with Crippen LogP contribution in [0.25, 0.3) is 0 Å². The highest BCUT2D eigenvalue weighted by Gasteiger charge is 2.22. The summed E-state index contributed by atoms with van der Waals surface area (Å²) < 4.78 is 10.3. The summed E-state index contributed by atoms with van der Waals surface area (Å²) in [5.41, 5.74) is 3.44. The molecule has 180 valence electrons. The summed E-state index contributed by atoms with van der Waals surface area (Å²) in [6.45, 7) is 5.95. The number of carbonyl (C=O) groups is 1. The van der Waals surface area contributed by atoms with Crippen LogP contribution >= 0.6 is 0 Å². The highest BCUT2D eigenvalue weighted by atomic mass is 16.5. The molecule has 1 saturated heterocycles. The minimum atomic E-state index is -0.0628. The van der Waals surface area contributed by atoms with Crippen molar-refractivity contribution in [3.63, 3.8) is 0 Å². The molecule has 7 nitrogen and oxygen atoms in total. The lowest BCUT2D eigenvalue weighted by Crippen LogP contribution is -2.34. The molecule has 2 aliphatic heterocycles. The molecule has 1 fully saturated rings. The van der Waals surface area contributed by atoms with E-state index in [9.17, 15) is 4.79 Å². The van der Waals surface area contributed by atoms with E-state index in [0.717, 1.165) is 43.9 Å². The van der Waals surface area contributed by atoms with E-state index in [1.807, 2.05) is 25.3 Å². The Bertz CT molecular complexity index is 994. The van der Waals surface area contributed by atoms with Crippen LogP contribution in [-0.4, -0.2) is 56.4 Å². The maximum absolute atomic E-state index is 11.7. The van der Waals surface area contributed by atoms with Gasteiger partial charge in [0.1, 0.15) is 5.75 Å². The van der Waals surface area contributed by atoms with Gasteiger partial charge in [-0.25, -0.2) is 4.99 Å². The molecule has 1 N–H and O–H groups in total. The van der Waals surface area contributed by atoms with E-state index in [2.05, 4.69) is 56.6 Å². The van der Waals surface area contributed by atoms with Crippen LogP contribution in [0.3, 0.4) is 0 Å². The van der Waals surface area contributed by atoms with Crippen molar-refractivity contribution in [3.05, 3.63) is 59.7 Å². The number of hydrogen-bond acceptors (Lipinski definition) is 7. The van der Waals surface area contributed by atoms with Gasteiger partial charge in [0.05, 0.1) is 20.3 Å². The molecule has 4 rings (SSSR count). The van der Waals surface area contributed by atoms with Crippen molar-refractivity contribution in [3.8, 4) is 5.75 Å². The summed E-state index contributed by atoms with van der Waals surface area (Å²) in [4.78, 5) is 23.3. The summed E-state index contributed by atoms with van der Waals surface area (Å²) in [7, 11) is 1.67. The first-order valence-electron chi connectivity index (χ1n) is 12.1. The van der Waals surface area contributed by atoms with E-state index < -0.39 is 0 Å². The predicted molar refractivity (Wildman–Crippen MR) is 136 cm³/mol. The number of benzene rings is 2. The van der Waals surface area contributed by atoms with Crippen LogP contribution in [-0.2, 0) is 16.1 Å². The van der Waals surface area contributed by atoms with Gasteiger partial charge in [-0.1, -0.05) is 24.3 Å². The van der Waals surface area contributed by atoms with Crippen LogP contribution in [0.5, 0.6) is 5.75 Å². The molecule has 2 aliphatic rings. The van der Waals surface area contributed by atoms with Gasteiger partial charge in [0.2, 0.25) is 5.96 Å². The highest BCUT2D eigenvalue weighted by molar-refractivity contribution is 6.00. The van der Waals surface area contributed by atoms with Crippen LogP contribution in [0.4, 0.5) is 5.69 Å².